The van der Waals surface area contributed by atoms with Crippen LogP contribution in [0.1, 0.15) is 25.8 Å². The largest absolute Gasteiger partial charge is 0.497 e. The Kier molecular flexibility index (Phi) is 9.27. The number of hydrogen-bond acceptors (Lipinski definition) is 4. The molecule has 0 saturated carbocycles. The van der Waals surface area contributed by atoms with Crippen molar-refractivity contribution in [1.29, 1.82) is 0 Å². The number of benzene rings is 2. The average molecular weight is 453 g/mol. The van der Waals surface area contributed by atoms with Crippen molar-refractivity contribution in [3.8, 4) is 11.5 Å². The molecule has 0 aromatic heterocycles. The molecule has 0 radical (unpaired) electrons. The number of hydrogen-bond donors (Lipinski definition) is 1. The third kappa shape index (κ3) is 6.82. The second-order valence-corrected chi connectivity index (χ2v) is 7.52. The van der Waals surface area contributed by atoms with E-state index in [-0.39, 0.29) is 25.0 Å². The summed E-state index contributed by atoms with van der Waals surface area (Å²) in [6.07, 6.45) is 0.805. The van der Waals surface area contributed by atoms with Crippen LogP contribution in [-0.4, -0.2) is 43.0 Å². The molecule has 1 N–H and O–H groups in total. The molecule has 2 aromatic rings. The zero-order valence-corrected chi connectivity index (χ0v) is 18.8. The van der Waals surface area contributed by atoms with Crippen LogP contribution in [0.4, 0.5) is 0 Å². The van der Waals surface area contributed by atoms with Crippen molar-refractivity contribution in [2.75, 3.05) is 20.3 Å². The summed E-state index contributed by atoms with van der Waals surface area (Å²) in [5.74, 6) is 0.670. The molecule has 0 saturated heterocycles. The Labute approximate surface area is 187 Å². The van der Waals surface area contributed by atoms with Crippen molar-refractivity contribution in [2.24, 2.45) is 0 Å². The molecule has 0 aliphatic rings. The molecular formula is C22H26Cl2N2O4. The first-order chi connectivity index (χ1) is 14.3. The zero-order chi connectivity index (χ0) is 22.1. The molecule has 30 heavy (non-hydrogen) atoms. The van der Waals surface area contributed by atoms with Gasteiger partial charge in [0.15, 0.2) is 6.61 Å². The van der Waals surface area contributed by atoms with Crippen molar-refractivity contribution in [3.63, 3.8) is 0 Å². The van der Waals surface area contributed by atoms with Crippen molar-refractivity contribution >= 4 is 35.0 Å². The summed E-state index contributed by atoms with van der Waals surface area (Å²) >= 11 is 12.1. The number of nitrogens with one attached hydrogen (secondary N) is 1. The van der Waals surface area contributed by atoms with Gasteiger partial charge in [-0.1, -0.05) is 36.2 Å². The van der Waals surface area contributed by atoms with Crippen LogP contribution in [0, 0.1) is 0 Å². The smallest absolute Gasteiger partial charge is 0.261 e. The lowest BCUT2D eigenvalue weighted by Gasteiger charge is -2.29. The van der Waals surface area contributed by atoms with Gasteiger partial charge in [-0.25, -0.2) is 0 Å². The van der Waals surface area contributed by atoms with Gasteiger partial charge >= 0.3 is 0 Å². The number of amides is 2. The summed E-state index contributed by atoms with van der Waals surface area (Å²) < 4.78 is 10.7. The van der Waals surface area contributed by atoms with Crippen LogP contribution in [0.3, 0.4) is 0 Å². The zero-order valence-electron chi connectivity index (χ0n) is 17.3. The molecule has 1 atom stereocenters. The Morgan fingerprint density at radius 3 is 2.33 bits per heavy atom. The molecule has 0 aliphatic carbocycles. The summed E-state index contributed by atoms with van der Waals surface area (Å²) in [7, 11) is 1.57. The summed E-state index contributed by atoms with van der Waals surface area (Å²) in [6, 6.07) is 11.4. The van der Waals surface area contributed by atoms with Gasteiger partial charge in [-0.05, 0) is 55.3 Å². The minimum absolute atomic E-state index is 0.197. The minimum Gasteiger partial charge on any atom is -0.497 e. The Hall–Kier alpha value is -2.44. The summed E-state index contributed by atoms with van der Waals surface area (Å²) in [5.41, 5.74) is 0.761. The molecule has 0 fully saturated rings. The first-order valence-electron chi connectivity index (χ1n) is 9.63. The molecular weight excluding hydrogens is 427 g/mol. The molecule has 2 amide bonds. The van der Waals surface area contributed by atoms with E-state index in [2.05, 4.69) is 5.32 Å². The SMILES string of the molecule is CCCNC(=O)[C@H](C)N(Cc1ccc(Cl)c(Cl)c1)C(=O)COc1ccc(OC)cc1. The maximum atomic E-state index is 13.0. The Morgan fingerprint density at radius 1 is 1.07 bits per heavy atom. The normalized spacial score (nSPS) is 11.5. The first kappa shape index (κ1) is 23.8. The predicted octanol–water partition coefficient (Wildman–Crippen LogP) is 4.32. The van der Waals surface area contributed by atoms with Gasteiger partial charge in [0.1, 0.15) is 17.5 Å². The van der Waals surface area contributed by atoms with Crippen molar-refractivity contribution < 1.29 is 19.1 Å². The van der Waals surface area contributed by atoms with E-state index in [9.17, 15) is 9.59 Å². The van der Waals surface area contributed by atoms with Gasteiger partial charge in [0, 0.05) is 13.1 Å². The van der Waals surface area contributed by atoms with E-state index in [0.717, 1.165) is 12.0 Å². The van der Waals surface area contributed by atoms with Gasteiger partial charge in [-0.15, -0.1) is 0 Å². The van der Waals surface area contributed by atoms with Crippen LogP contribution in [0.5, 0.6) is 11.5 Å². The highest BCUT2D eigenvalue weighted by molar-refractivity contribution is 6.42. The molecule has 2 aromatic carbocycles. The van der Waals surface area contributed by atoms with E-state index < -0.39 is 6.04 Å². The lowest BCUT2D eigenvalue weighted by atomic mass is 10.1. The number of nitrogens with zero attached hydrogens (tertiary/aromatic N) is 1. The maximum Gasteiger partial charge on any atom is 0.261 e. The van der Waals surface area contributed by atoms with Crippen LogP contribution < -0.4 is 14.8 Å². The fourth-order valence-electron chi connectivity index (χ4n) is 2.71. The Bertz CT molecular complexity index is 859. The summed E-state index contributed by atoms with van der Waals surface area (Å²) in [6.45, 7) is 4.18. The number of ether oxygens (including phenoxy) is 2. The molecule has 0 bridgehead atoms. The topological polar surface area (TPSA) is 67.9 Å². The highest BCUT2D eigenvalue weighted by Crippen LogP contribution is 2.24. The molecule has 0 aliphatic heterocycles. The molecule has 162 valence electrons. The second-order valence-electron chi connectivity index (χ2n) is 6.70. The van der Waals surface area contributed by atoms with Crippen molar-refractivity contribution in [3.05, 3.63) is 58.1 Å². The number of carbonyl (C=O) groups excluding carboxylic acids is 2. The predicted molar refractivity (Wildman–Crippen MR) is 118 cm³/mol. The van der Waals surface area contributed by atoms with Crippen LogP contribution >= 0.6 is 23.2 Å². The molecule has 8 heteroatoms. The fraction of sp³-hybridized carbons (Fsp3) is 0.364. The van der Waals surface area contributed by atoms with Gasteiger partial charge in [-0.3, -0.25) is 9.59 Å². The number of halogens is 2. The number of rotatable bonds is 10. The average Bonchev–Trinajstić information content (AvgIpc) is 2.76. The van der Waals surface area contributed by atoms with Crippen LogP contribution in [0.2, 0.25) is 10.0 Å². The van der Waals surface area contributed by atoms with Crippen LogP contribution in [0.25, 0.3) is 0 Å². The van der Waals surface area contributed by atoms with Crippen LogP contribution in [-0.2, 0) is 16.1 Å². The first-order valence-corrected chi connectivity index (χ1v) is 10.4. The van der Waals surface area contributed by atoms with Gasteiger partial charge < -0.3 is 19.7 Å². The molecule has 2 rings (SSSR count). The van der Waals surface area contributed by atoms with Crippen molar-refractivity contribution in [2.45, 2.75) is 32.9 Å². The number of methoxy groups -OCH3 is 1. The van der Waals surface area contributed by atoms with E-state index in [4.69, 9.17) is 32.7 Å². The van der Waals surface area contributed by atoms with Gasteiger partial charge in [0.25, 0.3) is 5.91 Å². The third-order valence-corrected chi connectivity index (χ3v) is 5.21. The monoisotopic (exact) mass is 452 g/mol. The van der Waals surface area contributed by atoms with E-state index in [1.54, 1.807) is 56.5 Å². The Morgan fingerprint density at radius 2 is 1.73 bits per heavy atom. The van der Waals surface area contributed by atoms with Gasteiger partial charge in [-0.2, -0.15) is 0 Å². The number of carbonyl (C=O) groups is 2. The lowest BCUT2D eigenvalue weighted by molar-refractivity contribution is -0.142. The fourth-order valence-corrected chi connectivity index (χ4v) is 3.03. The maximum absolute atomic E-state index is 13.0. The summed E-state index contributed by atoms with van der Waals surface area (Å²) in [5, 5.41) is 3.64. The highest BCUT2D eigenvalue weighted by atomic mass is 35.5. The van der Waals surface area contributed by atoms with Gasteiger partial charge in [0.2, 0.25) is 5.91 Å². The van der Waals surface area contributed by atoms with Crippen LogP contribution in [0.15, 0.2) is 42.5 Å². The lowest BCUT2D eigenvalue weighted by Crippen LogP contribution is -2.49. The van der Waals surface area contributed by atoms with Gasteiger partial charge in [0.05, 0.1) is 17.2 Å². The van der Waals surface area contributed by atoms with E-state index >= 15 is 0 Å². The molecule has 0 unspecified atom stereocenters. The minimum atomic E-state index is -0.682. The third-order valence-electron chi connectivity index (χ3n) is 4.48. The second kappa shape index (κ2) is 11.7. The standard InChI is InChI=1S/C22H26Cl2N2O4/c1-4-11-25-22(28)15(2)26(13-16-5-10-19(23)20(24)12-16)21(27)14-30-18-8-6-17(29-3)7-9-18/h5-10,12,15H,4,11,13-14H2,1-3H3,(H,25,28)/t15-/m0/s1. The Balaban J connectivity index is 2.14. The quantitative estimate of drug-likeness (QED) is 0.582. The molecule has 0 spiro atoms. The molecule has 6 nitrogen and oxygen atoms in total. The van der Waals surface area contributed by atoms with E-state index in [0.29, 0.717) is 28.1 Å². The summed E-state index contributed by atoms with van der Waals surface area (Å²) in [4.78, 5) is 26.9. The van der Waals surface area contributed by atoms with E-state index in [1.807, 2.05) is 6.92 Å². The highest BCUT2D eigenvalue weighted by Gasteiger charge is 2.26. The van der Waals surface area contributed by atoms with E-state index in [1.165, 1.54) is 4.90 Å². The van der Waals surface area contributed by atoms with Crippen molar-refractivity contribution in [1.82, 2.24) is 10.2 Å². The molecule has 0 heterocycles.